The quantitative estimate of drug-likeness (QED) is 0.487. The maximum absolute atomic E-state index is 11.7. The Bertz CT molecular complexity index is 1100. The van der Waals surface area contributed by atoms with Crippen LogP contribution in [0.3, 0.4) is 0 Å². The van der Waals surface area contributed by atoms with Crippen LogP contribution in [0, 0.1) is 82.9 Å². The molecule has 0 spiro atoms. The molecule has 1 saturated heterocycles. The molecule has 1 rings (SSSR count). The number of rotatable bonds is 3. The normalized spacial score (nSPS) is 19.0. The summed E-state index contributed by atoms with van der Waals surface area (Å²) in [7, 11) is 0. The fraction of sp³-hybridized carbons (Fsp3) is 0.273. The second-order valence-electron chi connectivity index (χ2n) is 4.85. The molecule has 0 aromatic rings. The molecule has 3 N–H and O–H groups in total. The minimum Gasteiger partial charge on any atom is -0.454 e. The molecule has 1 aliphatic rings. The largest absolute Gasteiger partial charge is 0.454 e. The SMILES string of the molecule is CC#CC#CC#CC#CC#CC#CC#CCC(=O)[C@H](O)[C@H]1OC(=O)[C@@H](O)[C@H]1O.[HH].[HH].[HH].[HH].[HH].[HH].[HH].[HH].[HH].[HH].[HH].[HH].[HH]. The molecule has 6 nitrogen and oxygen atoms in total. The maximum Gasteiger partial charge on any atom is 0.338 e. The van der Waals surface area contributed by atoms with Gasteiger partial charge in [-0.3, -0.25) is 4.79 Å². The van der Waals surface area contributed by atoms with E-state index in [1.807, 2.05) is 0 Å². The smallest absolute Gasteiger partial charge is 0.338 e. The van der Waals surface area contributed by atoms with E-state index in [0.29, 0.717) is 0 Å². The van der Waals surface area contributed by atoms with Gasteiger partial charge in [0.05, 0.1) is 6.42 Å². The van der Waals surface area contributed by atoms with E-state index in [-0.39, 0.29) is 25.0 Å². The van der Waals surface area contributed by atoms with E-state index in [0.717, 1.165) is 0 Å². The van der Waals surface area contributed by atoms with Crippen LogP contribution < -0.4 is 0 Å². The number of aliphatic hydroxyl groups is 3. The van der Waals surface area contributed by atoms with Crippen molar-refractivity contribution in [3.8, 4) is 82.9 Å². The van der Waals surface area contributed by atoms with Gasteiger partial charge in [0.25, 0.3) is 0 Å². The molecule has 28 heavy (non-hydrogen) atoms. The van der Waals surface area contributed by atoms with E-state index in [9.17, 15) is 24.9 Å². The summed E-state index contributed by atoms with van der Waals surface area (Å²) in [5, 5.41) is 28.5. The van der Waals surface area contributed by atoms with Crippen molar-refractivity contribution < 1.29 is 48.2 Å². The highest BCUT2D eigenvalue weighted by molar-refractivity contribution is 5.87. The molecule has 0 amide bonds. The Morgan fingerprint density at radius 2 is 1.43 bits per heavy atom. The Labute approximate surface area is 182 Å². The number of ether oxygens (including phenoxy) is 1. The Hall–Kier alpha value is -4.06. The summed E-state index contributed by atoms with van der Waals surface area (Å²) in [5.74, 6) is 32.3. The van der Waals surface area contributed by atoms with E-state index >= 15 is 0 Å². The molecule has 0 aromatic carbocycles. The number of carbonyl (C=O) groups is 2. The number of Topliss-reactive ketones (excluding diaryl/α,β-unsaturated/α-hetero) is 1. The first kappa shape index (κ1) is 22.0. The van der Waals surface area contributed by atoms with Gasteiger partial charge >= 0.3 is 5.97 Å². The third kappa shape index (κ3) is 7.45. The van der Waals surface area contributed by atoms with Crippen LogP contribution in [0.25, 0.3) is 0 Å². The second kappa shape index (κ2) is 12.3. The molecule has 1 heterocycles. The Morgan fingerprint density at radius 1 is 0.964 bits per heavy atom. The fourth-order valence-corrected chi connectivity index (χ4v) is 1.68. The van der Waals surface area contributed by atoms with Crippen molar-refractivity contribution in [1.29, 1.82) is 0 Å². The van der Waals surface area contributed by atoms with Crippen LogP contribution in [0.15, 0.2) is 0 Å². The van der Waals surface area contributed by atoms with E-state index < -0.39 is 36.2 Å². The summed E-state index contributed by atoms with van der Waals surface area (Å²) in [6.45, 7) is 1.66. The van der Waals surface area contributed by atoms with Crippen LogP contribution in [0.4, 0.5) is 0 Å². The highest BCUT2D eigenvalue weighted by Crippen LogP contribution is 2.19. The van der Waals surface area contributed by atoms with Gasteiger partial charge in [0.15, 0.2) is 24.1 Å². The average molecular weight is 399 g/mol. The highest BCUT2D eigenvalue weighted by Gasteiger charge is 2.47. The molecule has 4 atom stereocenters. The third-order valence-electron chi connectivity index (χ3n) is 2.96. The number of hydrogen-bond acceptors (Lipinski definition) is 6. The number of carbonyl (C=O) groups excluding carboxylic acids is 2. The molecule has 1 fully saturated rings. The molecule has 162 valence electrons. The van der Waals surface area contributed by atoms with E-state index in [1.165, 1.54) is 0 Å². The van der Waals surface area contributed by atoms with Crippen LogP contribution in [0.5, 0.6) is 0 Å². The van der Waals surface area contributed by atoms with E-state index in [4.69, 9.17) is 0 Å². The summed E-state index contributed by atoms with van der Waals surface area (Å²) in [4.78, 5) is 22.8. The third-order valence-corrected chi connectivity index (χ3v) is 2.96. The van der Waals surface area contributed by atoms with E-state index in [2.05, 4.69) is 87.6 Å². The zero-order valence-electron chi connectivity index (χ0n) is 14.6. The number of esters is 1. The molecule has 0 unspecified atom stereocenters. The fourth-order valence-electron chi connectivity index (χ4n) is 1.68. The Kier molecular flexibility index (Phi) is 9.67. The molecule has 0 saturated carbocycles. The van der Waals surface area contributed by atoms with Crippen molar-refractivity contribution in [3.05, 3.63) is 0 Å². The lowest BCUT2D eigenvalue weighted by molar-refractivity contribution is -0.153. The van der Waals surface area contributed by atoms with Crippen molar-refractivity contribution in [2.75, 3.05) is 0 Å². The Morgan fingerprint density at radius 3 is 1.86 bits per heavy atom. The molecule has 0 aromatic heterocycles. The summed E-state index contributed by atoms with van der Waals surface area (Å²) in [6.07, 6.45) is -7.19. The standard InChI is InChI=1S/C22H12O6.13H2/c1-2-3-4-5-6-7-8-9-10-11-12-13-14-15-16-17(23)18(24)21-19(25)20(26)22(27)28-21;;;;;;;;;;;;;/h18-21,24-26H,16H2,1H3;13*1H/t18-,19+,20-,21+;;;;;;;;;;;;;/m0............./s1. The van der Waals surface area contributed by atoms with Crippen LogP contribution in [-0.4, -0.2) is 51.5 Å². The predicted molar refractivity (Wildman–Crippen MR) is 125 cm³/mol. The van der Waals surface area contributed by atoms with Crippen LogP contribution >= 0.6 is 0 Å². The molecule has 1 aliphatic heterocycles. The molecular formula is C22H38O6. The van der Waals surface area contributed by atoms with Crippen molar-refractivity contribution in [2.24, 2.45) is 0 Å². The lowest BCUT2D eigenvalue weighted by Crippen LogP contribution is -2.42. The van der Waals surface area contributed by atoms with Crippen LogP contribution in [-0.2, 0) is 14.3 Å². The van der Waals surface area contributed by atoms with Crippen molar-refractivity contribution in [1.82, 2.24) is 0 Å². The summed E-state index contributed by atoms with van der Waals surface area (Å²) in [5.41, 5.74) is 0. The first-order chi connectivity index (χ1) is 13.5. The maximum atomic E-state index is 11.7. The summed E-state index contributed by atoms with van der Waals surface area (Å²) < 4.78 is 4.55. The van der Waals surface area contributed by atoms with Gasteiger partial charge < -0.3 is 20.1 Å². The van der Waals surface area contributed by atoms with Gasteiger partial charge in [-0.2, -0.15) is 0 Å². The first-order valence-electron chi connectivity index (χ1n) is 7.66. The minimum absolute atomic E-state index is 0. The predicted octanol–water partition coefficient (Wildman–Crippen LogP) is 1.20. The number of hydrogen-bond donors (Lipinski definition) is 3. The molecule has 0 radical (unpaired) electrons. The van der Waals surface area contributed by atoms with Gasteiger partial charge in [0.2, 0.25) is 0 Å². The van der Waals surface area contributed by atoms with Crippen LogP contribution in [0.2, 0.25) is 0 Å². The van der Waals surface area contributed by atoms with Crippen molar-refractivity contribution >= 4 is 11.8 Å². The first-order valence-corrected chi connectivity index (χ1v) is 7.66. The van der Waals surface area contributed by atoms with Gasteiger partial charge in [-0.05, 0) is 78.0 Å². The number of cyclic esters (lactones) is 1. The van der Waals surface area contributed by atoms with Crippen molar-refractivity contribution in [2.45, 2.75) is 37.8 Å². The minimum atomic E-state index is -1.80. The number of aliphatic hydroxyl groups excluding tert-OH is 3. The molecule has 6 heteroatoms. The van der Waals surface area contributed by atoms with Gasteiger partial charge in [-0.15, -0.1) is 0 Å². The summed E-state index contributed by atoms with van der Waals surface area (Å²) >= 11 is 0. The topological polar surface area (TPSA) is 104 Å². The average Bonchev–Trinajstić information content (AvgIpc) is 2.94. The van der Waals surface area contributed by atoms with E-state index in [1.54, 1.807) is 6.92 Å². The van der Waals surface area contributed by atoms with Crippen LogP contribution in [0.1, 0.15) is 31.9 Å². The van der Waals surface area contributed by atoms with Crippen molar-refractivity contribution in [3.63, 3.8) is 0 Å². The van der Waals surface area contributed by atoms with Gasteiger partial charge in [-0.25, -0.2) is 4.79 Å². The number of ketones is 1. The summed E-state index contributed by atoms with van der Waals surface area (Å²) in [6, 6.07) is 0. The second-order valence-corrected chi connectivity index (χ2v) is 4.85. The van der Waals surface area contributed by atoms with Gasteiger partial charge in [0, 0.05) is 18.5 Å². The zero-order chi connectivity index (χ0) is 20.8. The molecule has 0 aliphatic carbocycles. The Balaban J connectivity index is -0.0000000548. The van der Waals surface area contributed by atoms with Gasteiger partial charge in [0.1, 0.15) is 6.10 Å². The highest BCUT2D eigenvalue weighted by atomic mass is 16.6. The lowest BCUT2D eigenvalue weighted by atomic mass is 10.0. The lowest BCUT2D eigenvalue weighted by Gasteiger charge is -2.17. The molecular weight excluding hydrogens is 360 g/mol. The molecule has 0 bridgehead atoms. The monoisotopic (exact) mass is 398 g/mol. The van der Waals surface area contributed by atoms with Gasteiger partial charge in [-0.1, -0.05) is 11.8 Å². The zero-order valence-corrected chi connectivity index (χ0v) is 14.6.